The van der Waals surface area contributed by atoms with Gasteiger partial charge in [0, 0.05) is 13.0 Å². The molecule has 7 heteroatoms. The smallest absolute Gasteiger partial charge is 0.303 e. The number of carboxylic acid groups (broad SMARTS) is 1. The predicted molar refractivity (Wildman–Crippen MR) is 51.8 cm³/mol. The maximum absolute atomic E-state index is 9.60. The molecule has 0 unspecified atom stereocenters. The van der Waals surface area contributed by atoms with Gasteiger partial charge in [-0.3, -0.25) is 4.79 Å². The lowest BCUT2D eigenvalue weighted by molar-refractivity contribution is -0.757. The van der Waals surface area contributed by atoms with Gasteiger partial charge in [0.05, 0.1) is 6.61 Å². The summed E-state index contributed by atoms with van der Waals surface area (Å²) in [5.41, 5.74) is 0. The fourth-order valence-electron chi connectivity index (χ4n) is 0.567. The van der Waals surface area contributed by atoms with E-state index in [1.165, 1.54) is 0 Å². The van der Waals surface area contributed by atoms with Gasteiger partial charge >= 0.3 is 5.97 Å². The second-order valence-electron chi connectivity index (χ2n) is 2.63. The highest BCUT2D eigenvalue weighted by Crippen LogP contribution is 1.87. The number of hydrogen-bond donors (Lipinski definition) is 2. The molecule has 0 saturated heterocycles. The Labute approximate surface area is 87.8 Å². The first-order valence-corrected chi connectivity index (χ1v) is 4.64. The molecule has 0 aromatic rings. The van der Waals surface area contributed by atoms with Crippen molar-refractivity contribution in [1.82, 2.24) is 0 Å². The normalized spacial score (nSPS) is 8.67. The van der Waals surface area contributed by atoms with Crippen LogP contribution in [-0.2, 0) is 9.63 Å². The zero-order valence-electron chi connectivity index (χ0n) is 8.72. The number of carboxylic acids is 1. The van der Waals surface area contributed by atoms with Gasteiger partial charge in [-0.05, 0) is 19.3 Å². The Morgan fingerprint density at radius 2 is 2.07 bits per heavy atom. The van der Waals surface area contributed by atoms with Crippen molar-refractivity contribution >= 4 is 5.97 Å². The van der Waals surface area contributed by atoms with E-state index in [2.05, 4.69) is 4.84 Å². The quantitative estimate of drug-likeness (QED) is 0.376. The molecule has 0 heterocycles. The van der Waals surface area contributed by atoms with Crippen LogP contribution in [0, 0.1) is 10.1 Å². The Bertz CT molecular complexity index is 173. The lowest BCUT2D eigenvalue weighted by Crippen LogP contribution is -2.02. The molecule has 0 aliphatic carbocycles. The Kier molecular flexibility index (Phi) is 13.5. The first-order chi connectivity index (χ1) is 7.04. The molecule has 0 aliphatic rings. The summed E-state index contributed by atoms with van der Waals surface area (Å²) in [5, 5.41) is 24.8. The first-order valence-electron chi connectivity index (χ1n) is 4.64. The third-order valence-corrected chi connectivity index (χ3v) is 1.21. The summed E-state index contributed by atoms with van der Waals surface area (Å²) in [4.78, 5) is 23.0. The number of aliphatic carboxylic acids is 1. The lowest BCUT2D eigenvalue weighted by Gasteiger charge is -1.94. The highest BCUT2D eigenvalue weighted by atomic mass is 16.9. The molecule has 7 nitrogen and oxygen atoms in total. The highest BCUT2D eigenvalue weighted by molar-refractivity contribution is 5.66. The Morgan fingerprint density at radius 1 is 1.47 bits per heavy atom. The second kappa shape index (κ2) is 12.6. The molecule has 0 amide bonds. The molecule has 0 atom stereocenters. The molecule has 90 valence electrons. The van der Waals surface area contributed by atoms with E-state index >= 15 is 0 Å². The number of aliphatic hydroxyl groups is 1. The van der Waals surface area contributed by atoms with Crippen LogP contribution in [0.4, 0.5) is 0 Å². The van der Waals surface area contributed by atoms with Gasteiger partial charge < -0.3 is 15.1 Å². The molecule has 0 fully saturated rings. The minimum absolute atomic E-state index is 0.0566. The average molecular weight is 223 g/mol. The van der Waals surface area contributed by atoms with E-state index in [0.29, 0.717) is 19.3 Å². The van der Waals surface area contributed by atoms with Gasteiger partial charge in [-0.2, -0.15) is 0 Å². The third-order valence-electron chi connectivity index (χ3n) is 1.21. The van der Waals surface area contributed by atoms with Gasteiger partial charge in [-0.25, -0.2) is 0 Å². The van der Waals surface area contributed by atoms with Gasteiger partial charge in [0.2, 0.25) is 0 Å². The molecule has 0 aliphatic heterocycles. The van der Waals surface area contributed by atoms with E-state index in [0.717, 1.165) is 6.42 Å². The maximum atomic E-state index is 9.60. The van der Waals surface area contributed by atoms with Crippen molar-refractivity contribution in [3.05, 3.63) is 10.1 Å². The van der Waals surface area contributed by atoms with Crippen molar-refractivity contribution in [2.45, 2.75) is 32.6 Å². The van der Waals surface area contributed by atoms with Gasteiger partial charge in [0.1, 0.15) is 0 Å². The van der Waals surface area contributed by atoms with Gasteiger partial charge in [-0.15, -0.1) is 10.1 Å². The van der Waals surface area contributed by atoms with Crippen LogP contribution in [0.1, 0.15) is 32.6 Å². The lowest BCUT2D eigenvalue weighted by atomic mass is 10.3. The molecule has 15 heavy (non-hydrogen) atoms. The van der Waals surface area contributed by atoms with Crippen molar-refractivity contribution in [2.24, 2.45) is 0 Å². The van der Waals surface area contributed by atoms with Crippen LogP contribution in [0.3, 0.4) is 0 Å². The summed E-state index contributed by atoms with van der Waals surface area (Å²) in [7, 11) is 0. The number of carbonyl (C=O) groups is 1. The second-order valence-corrected chi connectivity index (χ2v) is 2.63. The largest absolute Gasteiger partial charge is 0.481 e. The Balaban J connectivity index is 0. The number of rotatable bonds is 7. The molecule has 0 radical (unpaired) electrons. The van der Waals surface area contributed by atoms with Crippen molar-refractivity contribution in [3.63, 3.8) is 0 Å². The zero-order valence-corrected chi connectivity index (χ0v) is 8.72. The van der Waals surface area contributed by atoms with Crippen molar-refractivity contribution < 1.29 is 24.9 Å². The minimum atomic E-state index is -0.836. The topological polar surface area (TPSA) is 110 Å². The summed E-state index contributed by atoms with van der Waals surface area (Å²) in [6.45, 7) is 1.97. The highest BCUT2D eigenvalue weighted by Gasteiger charge is 1.92. The standard InChI is InChI=1S/C4H9NO4.C4H8O2/c6-3-1-2-4-9-5(7)8;1-2-3-4(5)6/h6H,1-4H2;2-3H2,1H3,(H,5,6). The number of hydrogen-bond acceptors (Lipinski definition) is 5. The SMILES string of the molecule is CCCC(=O)O.O=[N+]([O-])OCCCCO. The third kappa shape index (κ3) is 24.5. The van der Waals surface area contributed by atoms with E-state index in [-0.39, 0.29) is 13.2 Å². The van der Waals surface area contributed by atoms with Crippen molar-refractivity contribution in [2.75, 3.05) is 13.2 Å². The molecule has 0 aromatic heterocycles. The van der Waals surface area contributed by atoms with Crippen LogP contribution < -0.4 is 0 Å². The Hall–Kier alpha value is -1.37. The molecule has 0 bridgehead atoms. The molecule has 0 spiro atoms. The van der Waals surface area contributed by atoms with E-state index in [1.54, 1.807) is 0 Å². The summed E-state index contributed by atoms with van der Waals surface area (Å²) < 4.78 is 0. The molecule has 0 aromatic carbocycles. The summed E-state index contributed by atoms with van der Waals surface area (Å²) in [5.74, 6) is -0.711. The van der Waals surface area contributed by atoms with Gasteiger partial charge in [0.15, 0.2) is 0 Å². The number of unbranched alkanes of at least 4 members (excludes halogenated alkanes) is 1. The fraction of sp³-hybridized carbons (Fsp3) is 0.875. The van der Waals surface area contributed by atoms with E-state index < -0.39 is 11.1 Å². The van der Waals surface area contributed by atoms with Gasteiger partial charge in [0.25, 0.3) is 5.09 Å². The van der Waals surface area contributed by atoms with Crippen LogP contribution in [0.2, 0.25) is 0 Å². The summed E-state index contributed by atoms with van der Waals surface area (Å²) >= 11 is 0. The van der Waals surface area contributed by atoms with Crippen molar-refractivity contribution in [1.29, 1.82) is 0 Å². The molecule has 0 saturated carbocycles. The number of aliphatic hydroxyl groups excluding tert-OH is 1. The van der Waals surface area contributed by atoms with Crippen LogP contribution >= 0.6 is 0 Å². The van der Waals surface area contributed by atoms with Crippen LogP contribution in [0.15, 0.2) is 0 Å². The number of nitrogens with zero attached hydrogens (tertiary/aromatic N) is 1. The van der Waals surface area contributed by atoms with E-state index in [9.17, 15) is 14.9 Å². The minimum Gasteiger partial charge on any atom is -0.481 e. The van der Waals surface area contributed by atoms with Crippen molar-refractivity contribution in [3.8, 4) is 0 Å². The monoisotopic (exact) mass is 223 g/mol. The van der Waals surface area contributed by atoms with Gasteiger partial charge in [-0.1, -0.05) is 6.92 Å². The van der Waals surface area contributed by atoms with Crippen LogP contribution in [0.25, 0.3) is 0 Å². The average Bonchev–Trinajstić information content (AvgIpc) is 2.13. The molecule has 0 rings (SSSR count). The summed E-state index contributed by atoms with van der Waals surface area (Å²) in [6.07, 6.45) is 2.10. The first kappa shape index (κ1) is 16.1. The van der Waals surface area contributed by atoms with Crippen LogP contribution in [0.5, 0.6) is 0 Å². The fourth-order valence-corrected chi connectivity index (χ4v) is 0.567. The molecule has 2 N–H and O–H groups in total. The predicted octanol–water partition coefficient (Wildman–Crippen LogP) is 0.838. The zero-order chi connectivity index (χ0) is 12.1. The van der Waals surface area contributed by atoms with Crippen LogP contribution in [-0.4, -0.2) is 34.5 Å². The van der Waals surface area contributed by atoms with E-state index in [1.807, 2.05) is 6.92 Å². The summed E-state index contributed by atoms with van der Waals surface area (Å²) in [6, 6.07) is 0. The molecular formula is C8H17NO6. The Morgan fingerprint density at radius 3 is 2.33 bits per heavy atom. The van der Waals surface area contributed by atoms with E-state index in [4.69, 9.17) is 10.2 Å². The molecular weight excluding hydrogens is 206 g/mol. The maximum Gasteiger partial charge on any atom is 0.303 e.